The second kappa shape index (κ2) is 6.26. The number of rotatable bonds is 4. The lowest BCUT2D eigenvalue weighted by molar-refractivity contribution is 0.378. The molecule has 0 aromatic heterocycles. The Morgan fingerprint density at radius 2 is 1.72 bits per heavy atom. The average Bonchev–Trinajstić information content (AvgIpc) is 2.40. The van der Waals surface area contributed by atoms with Crippen molar-refractivity contribution in [3.8, 4) is 0 Å². The van der Waals surface area contributed by atoms with Crippen molar-refractivity contribution in [2.75, 3.05) is 18.0 Å². The minimum absolute atomic E-state index is 0.634. The summed E-state index contributed by atoms with van der Waals surface area (Å²) < 4.78 is 0. The van der Waals surface area contributed by atoms with Crippen LogP contribution in [0.5, 0.6) is 0 Å². The van der Waals surface area contributed by atoms with Crippen LogP contribution >= 0.6 is 0 Å². The summed E-state index contributed by atoms with van der Waals surface area (Å²) >= 11 is 0. The van der Waals surface area contributed by atoms with Gasteiger partial charge in [0.05, 0.1) is 0 Å². The number of nitrogens with zero attached hydrogens (tertiary/aromatic N) is 1. The molecular weight excluding hydrogens is 218 g/mol. The predicted molar refractivity (Wildman–Crippen MR) is 80.4 cm³/mol. The van der Waals surface area contributed by atoms with Gasteiger partial charge in [0.2, 0.25) is 0 Å². The molecule has 1 aliphatic heterocycles. The number of piperidine rings is 1. The van der Waals surface area contributed by atoms with E-state index in [2.05, 4.69) is 49.9 Å². The van der Waals surface area contributed by atoms with E-state index in [-0.39, 0.29) is 0 Å². The fraction of sp³-hybridized carbons (Fsp3) is 0.647. The van der Waals surface area contributed by atoms with E-state index in [1.54, 1.807) is 0 Å². The SMILES string of the molecule is CCCC1CCN(c2ccc(C(C)C)cc2)CC1. The molecule has 0 aliphatic carbocycles. The molecule has 2 rings (SSSR count). The Morgan fingerprint density at radius 3 is 2.22 bits per heavy atom. The zero-order valence-electron chi connectivity index (χ0n) is 12.2. The lowest BCUT2D eigenvalue weighted by Gasteiger charge is -2.33. The summed E-state index contributed by atoms with van der Waals surface area (Å²) in [4.78, 5) is 2.55. The molecule has 1 fully saturated rings. The number of hydrogen-bond donors (Lipinski definition) is 0. The molecule has 0 unspecified atom stereocenters. The monoisotopic (exact) mass is 245 g/mol. The van der Waals surface area contributed by atoms with Gasteiger partial charge in [-0.05, 0) is 42.4 Å². The molecule has 0 N–H and O–H groups in total. The van der Waals surface area contributed by atoms with Crippen molar-refractivity contribution in [3.63, 3.8) is 0 Å². The third-order valence-electron chi connectivity index (χ3n) is 4.24. The number of anilines is 1. The smallest absolute Gasteiger partial charge is 0.0366 e. The Morgan fingerprint density at radius 1 is 1.11 bits per heavy atom. The summed E-state index contributed by atoms with van der Waals surface area (Å²) in [5.41, 5.74) is 2.86. The Kier molecular flexibility index (Phi) is 4.68. The molecule has 0 radical (unpaired) electrons. The lowest BCUT2D eigenvalue weighted by Crippen LogP contribution is -2.33. The first-order chi connectivity index (χ1) is 8.70. The standard InChI is InChI=1S/C17H27N/c1-4-5-15-10-12-18(13-11-15)17-8-6-16(7-9-17)14(2)3/h6-9,14-15H,4-5,10-13H2,1-3H3. The summed E-state index contributed by atoms with van der Waals surface area (Å²) in [7, 11) is 0. The maximum Gasteiger partial charge on any atom is 0.0366 e. The van der Waals surface area contributed by atoms with E-state index in [4.69, 9.17) is 0 Å². The van der Waals surface area contributed by atoms with Gasteiger partial charge in [-0.15, -0.1) is 0 Å². The molecule has 0 bridgehead atoms. The van der Waals surface area contributed by atoms with Crippen LogP contribution in [0.3, 0.4) is 0 Å². The van der Waals surface area contributed by atoms with Crippen LogP contribution in [0, 0.1) is 5.92 Å². The number of benzene rings is 1. The van der Waals surface area contributed by atoms with Gasteiger partial charge in [-0.1, -0.05) is 45.7 Å². The minimum Gasteiger partial charge on any atom is -0.372 e. The zero-order chi connectivity index (χ0) is 13.0. The third kappa shape index (κ3) is 3.28. The summed E-state index contributed by atoms with van der Waals surface area (Å²) in [5, 5.41) is 0. The molecule has 100 valence electrons. The summed E-state index contributed by atoms with van der Waals surface area (Å²) in [5.74, 6) is 1.61. The first-order valence-electron chi connectivity index (χ1n) is 7.55. The maximum atomic E-state index is 2.55. The molecule has 1 saturated heterocycles. The van der Waals surface area contributed by atoms with Gasteiger partial charge < -0.3 is 4.90 Å². The van der Waals surface area contributed by atoms with Gasteiger partial charge in [-0.25, -0.2) is 0 Å². The van der Waals surface area contributed by atoms with Crippen molar-refractivity contribution in [1.29, 1.82) is 0 Å². The summed E-state index contributed by atoms with van der Waals surface area (Å²) in [6.07, 6.45) is 5.51. The van der Waals surface area contributed by atoms with Crippen LogP contribution in [0.2, 0.25) is 0 Å². The van der Waals surface area contributed by atoms with Gasteiger partial charge in [-0.2, -0.15) is 0 Å². The van der Waals surface area contributed by atoms with E-state index in [1.807, 2.05) is 0 Å². The molecule has 1 heterocycles. The van der Waals surface area contributed by atoms with Crippen molar-refractivity contribution in [3.05, 3.63) is 29.8 Å². The van der Waals surface area contributed by atoms with Crippen molar-refractivity contribution < 1.29 is 0 Å². The van der Waals surface area contributed by atoms with Crippen LogP contribution in [-0.2, 0) is 0 Å². The molecule has 1 nitrogen and oxygen atoms in total. The van der Waals surface area contributed by atoms with Crippen LogP contribution < -0.4 is 4.90 Å². The van der Waals surface area contributed by atoms with Gasteiger partial charge in [0.15, 0.2) is 0 Å². The van der Waals surface area contributed by atoms with Crippen LogP contribution in [-0.4, -0.2) is 13.1 Å². The first kappa shape index (κ1) is 13.5. The highest BCUT2D eigenvalue weighted by Gasteiger charge is 2.18. The molecule has 1 aliphatic rings. The zero-order valence-corrected chi connectivity index (χ0v) is 12.2. The van der Waals surface area contributed by atoms with Crippen molar-refractivity contribution >= 4 is 5.69 Å². The molecular formula is C17H27N. The third-order valence-corrected chi connectivity index (χ3v) is 4.24. The van der Waals surface area contributed by atoms with Crippen molar-refractivity contribution in [2.24, 2.45) is 5.92 Å². The first-order valence-corrected chi connectivity index (χ1v) is 7.55. The molecule has 1 aromatic carbocycles. The summed E-state index contributed by atoms with van der Waals surface area (Å²) in [6, 6.07) is 9.18. The van der Waals surface area contributed by atoms with Crippen LogP contribution in [0.25, 0.3) is 0 Å². The van der Waals surface area contributed by atoms with E-state index in [0.29, 0.717) is 5.92 Å². The average molecular weight is 245 g/mol. The number of hydrogen-bond acceptors (Lipinski definition) is 1. The van der Waals surface area contributed by atoms with Crippen molar-refractivity contribution in [2.45, 2.75) is 52.4 Å². The fourth-order valence-electron chi connectivity index (χ4n) is 2.96. The van der Waals surface area contributed by atoms with Crippen LogP contribution in [0.1, 0.15) is 57.9 Å². The van der Waals surface area contributed by atoms with E-state index in [0.717, 1.165) is 5.92 Å². The Labute approximate surface area is 112 Å². The maximum absolute atomic E-state index is 2.55. The highest BCUT2D eigenvalue weighted by atomic mass is 15.1. The van der Waals surface area contributed by atoms with Crippen LogP contribution in [0.15, 0.2) is 24.3 Å². The normalized spacial score (nSPS) is 17.4. The predicted octanol–water partition coefficient (Wildman–Crippen LogP) is 4.83. The van der Waals surface area contributed by atoms with Gasteiger partial charge in [0, 0.05) is 18.8 Å². The Hall–Kier alpha value is -0.980. The van der Waals surface area contributed by atoms with Crippen LogP contribution in [0.4, 0.5) is 5.69 Å². The van der Waals surface area contributed by atoms with E-state index in [1.165, 1.54) is 50.0 Å². The molecule has 1 aromatic rings. The fourth-order valence-corrected chi connectivity index (χ4v) is 2.96. The largest absolute Gasteiger partial charge is 0.372 e. The van der Waals surface area contributed by atoms with Gasteiger partial charge in [0.25, 0.3) is 0 Å². The molecule has 1 heteroatoms. The van der Waals surface area contributed by atoms with Gasteiger partial charge in [0.1, 0.15) is 0 Å². The Bertz CT molecular complexity index is 344. The lowest BCUT2D eigenvalue weighted by atomic mass is 9.92. The van der Waals surface area contributed by atoms with E-state index in [9.17, 15) is 0 Å². The molecule has 18 heavy (non-hydrogen) atoms. The quantitative estimate of drug-likeness (QED) is 0.734. The van der Waals surface area contributed by atoms with E-state index < -0.39 is 0 Å². The molecule has 0 atom stereocenters. The van der Waals surface area contributed by atoms with Gasteiger partial charge >= 0.3 is 0 Å². The van der Waals surface area contributed by atoms with Crippen molar-refractivity contribution in [1.82, 2.24) is 0 Å². The second-order valence-electron chi connectivity index (χ2n) is 5.97. The van der Waals surface area contributed by atoms with Gasteiger partial charge in [-0.3, -0.25) is 0 Å². The highest BCUT2D eigenvalue weighted by Crippen LogP contribution is 2.27. The minimum atomic E-state index is 0.634. The van der Waals surface area contributed by atoms with E-state index >= 15 is 0 Å². The Balaban J connectivity index is 1.93. The topological polar surface area (TPSA) is 3.24 Å². The highest BCUT2D eigenvalue weighted by molar-refractivity contribution is 5.48. The second-order valence-corrected chi connectivity index (χ2v) is 5.97. The molecule has 0 spiro atoms. The molecule has 0 saturated carbocycles. The molecule has 0 amide bonds. The summed E-state index contributed by atoms with van der Waals surface area (Å²) in [6.45, 7) is 9.30.